The van der Waals surface area contributed by atoms with Crippen molar-refractivity contribution < 1.29 is 4.79 Å². The lowest BCUT2D eigenvalue weighted by molar-refractivity contribution is -0.132. The summed E-state index contributed by atoms with van der Waals surface area (Å²) in [6.45, 7) is 6.93. The van der Waals surface area contributed by atoms with Crippen molar-refractivity contribution in [3.8, 4) is 0 Å². The zero-order valence-corrected chi connectivity index (χ0v) is 12.6. The van der Waals surface area contributed by atoms with Crippen LogP contribution in [0.1, 0.15) is 49.6 Å². The van der Waals surface area contributed by atoms with Crippen molar-refractivity contribution in [1.29, 1.82) is 0 Å². The zero-order valence-electron chi connectivity index (χ0n) is 12.6. The summed E-state index contributed by atoms with van der Waals surface area (Å²) in [6, 6.07) is 0.467. The first-order chi connectivity index (χ1) is 9.04. The highest BCUT2D eigenvalue weighted by molar-refractivity contribution is 5.79. The van der Waals surface area contributed by atoms with Gasteiger partial charge in [-0.3, -0.25) is 9.48 Å². The van der Waals surface area contributed by atoms with Crippen molar-refractivity contribution in [2.45, 2.75) is 58.9 Å². The number of nitrogens with zero attached hydrogens (tertiary/aromatic N) is 3. The van der Waals surface area contributed by atoms with Crippen LogP contribution in [0.2, 0.25) is 0 Å². The number of amides is 1. The van der Waals surface area contributed by atoms with Gasteiger partial charge in [0, 0.05) is 30.9 Å². The molecule has 106 valence electrons. The molecule has 1 saturated carbocycles. The fourth-order valence-corrected chi connectivity index (χ4v) is 3.18. The molecule has 1 aliphatic rings. The Labute approximate surface area is 115 Å². The Kier molecular flexibility index (Phi) is 4.27. The minimum Gasteiger partial charge on any atom is -0.340 e. The lowest BCUT2D eigenvalue weighted by atomic mass is 10.1. The van der Waals surface area contributed by atoms with Gasteiger partial charge in [0.25, 0.3) is 0 Å². The Balaban J connectivity index is 2.10. The van der Waals surface area contributed by atoms with Crippen LogP contribution in [-0.4, -0.2) is 33.2 Å². The molecule has 0 saturated heterocycles. The fraction of sp³-hybridized carbons (Fsp3) is 0.733. The van der Waals surface area contributed by atoms with E-state index in [2.05, 4.69) is 16.9 Å². The van der Waals surface area contributed by atoms with Crippen molar-refractivity contribution in [3.05, 3.63) is 17.0 Å². The molecule has 1 aromatic heterocycles. The number of aromatic nitrogens is 2. The van der Waals surface area contributed by atoms with Crippen molar-refractivity contribution >= 4 is 5.91 Å². The fourth-order valence-electron chi connectivity index (χ4n) is 3.18. The smallest absolute Gasteiger partial charge is 0.227 e. The highest BCUT2D eigenvalue weighted by atomic mass is 16.2. The van der Waals surface area contributed by atoms with Gasteiger partial charge < -0.3 is 4.90 Å². The average molecular weight is 263 g/mol. The van der Waals surface area contributed by atoms with E-state index in [0.29, 0.717) is 12.5 Å². The summed E-state index contributed by atoms with van der Waals surface area (Å²) in [5.41, 5.74) is 3.19. The van der Waals surface area contributed by atoms with E-state index in [1.54, 1.807) is 0 Å². The van der Waals surface area contributed by atoms with E-state index >= 15 is 0 Å². The molecule has 0 bridgehead atoms. The summed E-state index contributed by atoms with van der Waals surface area (Å²) in [6.07, 6.45) is 5.36. The normalized spacial score (nSPS) is 16.0. The van der Waals surface area contributed by atoms with E-state index in [4.69, 9.17) is 0 Å². The highest BCUT2D eigenvalue weighted by Gasteiger charge is 2.26. The highest BCUT2D eigenvalue weighted by Crippen LogP contribution is 2.24. The first kappa shape index (κ1) is 14.1. The first-order valence-electron chi connectivity index (χ1n) is 7.33. The number of hydrogen-bond donors (Lipinski definition) is 0. The molecule has 0 radical (unpaired) electrons. The minimum atomic E-state index is 0.258. The second kappa shape index (κ2) is 5.76. The first-order valence-corrected chi connectivity index (χ1v) is 7.33. The molecule has 2 rings (SSSR count). The summed E-state index contributed by atoms with van der Waals surface area (Å²) < 4.78 is 1.86. The summed E-state index contributed by atoms with van der Waals surface area (Å²) >= 11 is 0. The standard InChI is InChI=1S/C15H25N3O/c1-5-18(13-8-6-7-9-13)15(19)10-14-11(2)16-17(4)12(14)3/h13H,5-10H2,1-4H3. The summed E-state index contributed by atoms with van der Waals surface area (Å²) in [5, 5.41) is 4.39. The van der Waals surface area contributed by atoms with Gasteiger partial charge in [0.05, 0.1) is 12.1 Å². The van der Waals surface area contributed by atoms with Gasteiger partial charge >= 0.3 is 0 Å². The van der Waals surface area contributed by atoms with E-state index < -0.39 is 0 Å². The van der Waals surface area contributed by atoms with Crippen LogP contribution in [0.3, 0.4) is 0 Å². The Morgan fingerprint density at radius 2 is 2.00 bits per heavy atom. The SMILES string of the molecule is CCN(C(=O)Cc1c(C)nn(C)c1C)C1CCCC1. The van der Waals surface area contributed by atoms with Crippen LogP contribution in [0.5, 0.6) is 0 Å². The molecule has 0 aliphatic heterocycles. The van der Waals surface area contributed by atoms with Crippen molar-refractivity contribution in [1.82, 2.24) is 14.7 Å². The van der Waals surface area contributed by atoms with E-state index in [1.807, 2.05) is 25.6 Å². The van der Waals surface area contributed by atoms with E-state index in [0.717, 1.165) is 23.5 Å². The molecule has 1 amide bonds. The maximum absolute atomic E-state index is 12.5. The number of carbonyl (C=O) groups is 1. The summed E-state index contributed by atoms with van der Waals surface area (Å²) in [4.78, 5) is 14.6. The third-order valence-electron chi connectivity index (χ3n) is 4.41. The number of aryl methyl sites for hydroxylation is 2. The van der Waals surface area contributed by atoms with Crippen LogP contribution in [0.25, 0.3) is 0 Å². The number of carbonyl (C=O) groups excluding carboxylic acids is 1. The Morgan fingerprint density at radius 1 is 1.37 bits per heavy atom. The zero-order chi connectivity index (χ0) is 14.0. The molecule has 4 heteroatoms. The third-order valence-corrected chi connectivity index (χ3v) is 4.41. The predicted molar refractivity (Wildman–Crippen MR) is 76.0 cm³/mol. The van der Waals surface area contributed by atoms with E-state index in [-0.39, 0.29) is 5.91 Å². The van der Waals surface area contributed by atoms with Gasteiger partial charge in [-0.25, -0.2) is 0 Å². The molecular formula is C15H25N3O. The van der Waals surface area contributed by atoms with Crippen LogP contribution < -0.4 is 0 Å². The molecule has 4 nitrogen and oxygen atoms in total. The van der Waals surface area contributed by atoms with Crippen LogP contribution in [0, 0.1) is 13.8 Å². The lowest BCUT2D eigenvalue weighted by Crippen LogP contribution is -2.39. The molecule has 0 unspecified atom stereocenters. The Hall–Kier alpha value is -1.32. The largest absolute Gasteiger partial charge is 0.340 e. The predicted octanol–water partition coefficient (Wildman–Crippen LogP) is 2.37. The monoisotopic (exact) mass is 263 g/mol. The molecule has 1 heterocycles. The number of rotatable bonds is 4. The summed E-state index contributed by atoms with van der Waals surface area (Å²) in [5.74, 6) is 0.258. The van der Waals surface area contributed by atoms with Gasteiger partial charge in [-0.15, -0.1) is 0 Å². The van der Waals surface area contributed by atoms with Crippen molar-refractivity contribution in [2.75, 3.05) is 6.54 Å². The quantitative estimate of drug-likeness (QED) is 0.836. The number of hydrogen-bond acceptors (Lipinski definition) is 2. The van der Waals surface area contributed by atoms with Crippen LogP contribution in [-0.2, 0) is 18.3 Å². The van der Waals surface area contributed by atoms with Crippen LogP contribution >= 0.6 is 0 Å². The van der Waals surface area contributed by atoms with Gasteiger partial charge in [-0.05, 0) is 33.6 Å². The van der Waals surface area contributed by atoms with E-state index in [9.17, 15) is 4.79 Å². The van der Waals surface area contributed by atoms with Gasteiger partial charge in [0.1, 0.15) is 0 Å². The minimum absolute atomic E-state index is 0.258. The molecule has 0 aromatic carbocycles. The van der Waals surface area contributed by atoms with Gasteiger partial charge in [-0.1, -0.05) is 12.8 Å². The van der Waals surface area contributed by atoms with Gasteiger partial charge in [0.15, 0.2) is 0 Å². The molecule has 19 heavy (non-hydrogen) atoms. The average Bonchev–Trinajstić information content (AvgIpc) is 2.96. The molecule has 1 aromatic rings. The van der Waals surface area contributed by atoms with Crippen LogP contribution in [0.4, 0.5) is 0 Å². The maximum Gasteiger partial charge on any atom is 0.227 e. The van der Waals surface area contributed by atoms with Crippen molar-refractivity contribution in [2.24, 2.45) is 7.05 Å². The summed E-state index contributed by atoms with van der Waals surface area (Å²) in [7, 11) is 1.94. The molecule has 0 spiro atoms. The molecular weight excluding hydrogens is 238 g/mol. The maximum atomic E-state index is 12.5. The van der Waals surface area contributed by atoms with Crippen molar-refractivity contribution in [3.63, 3.8) is 0 Å². The second-order valence-corrected chi connectivity index (χ2v) is 5.57. The van der Waals surface area contributed by atoms with E-state index in [1.165, 1.54) is 25.7 Å². The Bertz CT molecular complexity index is 458. The second-order valence-electron chi connectivity index (χ2n) is 5.57. The Morgan fingerprint density at radius 3 is 2.47 bits per heavy atom. The van der Waals surface area contributed by atoms with Crippen LogP contribution in [0.15, 0.2) is 0 Å². The molecule has 0 N–H and O–H groups in total. The topological polar surface area (TPSA) is 38.1 Å². The van der Waals surface area contributed by atoms with Gasteiger partial charge in [0.2, 0.25) is 5.91 Å². The molecule has 1 fully saturated rings. The molecule has 0 atom stereocenters. The number of likely N-dealkylation sites (N-methyl/N-ethyl adjacent to an activating group) is 1. The third kappa shape index (κ3) is 2.82. The molecule has 1 aliphatic carbocycles. The lowest BCUT2D eigenvalue weighted by Gasteiger charge is -2.27. The van der Waals surface area contributed by atoms with Gasteiger partial charge in [-0.2, -0.15) is 5.10 Å².